The van der Waals surface area contributed by atoms with Crippen molar-refractivity contribution in [1.29, 1.82) is 0 Å². The Bertz CT molecular complexity index is 821. The minimum Gasteiger partial charge on any atom is -0.503 e. The summed E-state index contributed by atoms with van der Waals surface area (Å²) in [6.07, 6.45) is 2.26. The first kappa shape index (κ1) is 17.9. The number of benzene rings is 2. The third-order valence-electron chi connectivity index (χ3n) is 3.11. The Morgan fingerprint density at radius 1 is 1.33 bits per heavy atom. The van der Waals surface area contributed by atoms with E-state index in [0.29, 0.717) is 6.42 Å². The number of halogens is 1. The molecule has 0 spiro atoms. The summed E-state index contributed by atoms with van der Waals surface area (Å²) in [5.41, 5.74) is 0.942. The summed E-state index contributed by atoms with van der Waals surface area (Å²) in [6.45, 7) is 3.66. The van der Waals surface area contributed by atoms with E-state index in [1.165, 1.54) is 19.2 Å². The molecule has 124 valence electrons. The lowest BCUT2D eigenvalue weighted by Gasteiger charge is -2.08. The molecule has 0 atom stereocenters. The van der Waals surface area contributed by atoms with Crippen molar-refractivity contribution in [2.24, 2.45) is 10.2 Å². The number of nitro benzene ring substituents is 1. The molecule has 2 aromatic rings. The van der Waals surface area contributed by atoms with E-state index in [9.17, 15) is 15.2 Å². The SMILES string of the molecule is C=CCc1cc(/N=N/c2ccc(I)cc2[N+](=O)[O-])c(O)c(OC)c1. The van der Waals surface area contributed by atoms with Gasteiger partial charge in [0.15, 0.2) is 17.2 Å². The van der Waals surface area contributed by atoms with E-state index >= 15 is 0 Å². The number of aromatic hydroxyl groups is 1. The molecule has 0 unspecified atom stereocenters. The molecule has 0 aliphatic carbocycles. The summed E-state index contributed by atoms with van der Waals surface area (Å²) in [5, 5.41) is 29.1. The Morgan fingerprint density at radius 3 is 2.67 bits per heavy atom. The molecule has 0 radical (unpaired) electrons. The summed E-state index contributed by atoms with van der Waals surface area (Å²) in [4.78, 5) is 10.6. The average molecular weight is 439 g/mol. The Hall–Kier alpha value is -2.49. The van der Waals surface area contributed by atoms with Gasteiger partial charge < -0.3 is 9.84 Å². The molecule has 0 saturated carbocycles. The van der Waals surface area contributed by atoms with Gasteiger partial charge in [0.05, 0.1) is 12.0 Å². The molecule has 24 heavy (non-hydrogen) atoms. The van der Waals surface area contributed by atoms with E-state index in [-0.39, 0.29) is 28.6 Å². The second-order valence-corrected chi connectivity index (χ2v) is 5.99. The molecule has 0 aromatic heterocycles. The molecule has 0 aliphatic heterocycles. The van der Waals surface area contributed by atoms with Gasteiger partial charge in [0.2, 0.25) is 0 Å². The number of hydrogen-bond donors (Lipinski definition) is 1. The normalized spacial score (nSPS) is 10.8. The minimum absolute atomic E-state index is 0.105. The smallest absolute Gasteiger partial charge is 0.297 e. The molecule has 7 nitrogen and oxygen atoms in total. The predicted octanol–water partition coefficient (Wildman–Crippen LogP) is 5.06. The molecule has 2 aromatic carbocycles. The van der Waals surface area contributed by atoms with Crippen molar-refractivity contribution in [1.82, 2.24) is 0 Å². The molecule has 0 aliphatic rings. The number of azo groups is 1. The predicted molar refractivity (Wildman–Crippen MR) is 98.5 cm³/mol. The number of methoxy groups -OCH3 is 1. The molecule has 0 fully saturated rings. The van der Waals surface area contributed by atoms with E-state index in [2.05, 4.69) is 16.8 Å². The first-order chi connectivity index (χ1) is 11.5. The van der Waals surface area contributed by atoms with E-state index in [0.717, 1.165) is 9.13 Å². The highest BCUT2D eigenvalue weighted by molar-refractivity contribution is 14.1. The van der Waals surface area contributed by atoms with Crippen LogP contribution in [0.15, 0.2) is 53.2 Å². The topological polar surface area (TPSA) is 97.3 Å². The number of hydrogen-bond acceptors (Lipinski definition) is 6. The van der Waals surface area contributed by atoms with Gasteiger partial charge in [0.25, 0.3) is 5.69 Å². The average Bonchev–Trinajstić information content (AvgIpc) is 2.55. The third-order valence-corrected chi connectivity index (χ3v) is 3.79. The lowest BCUT2D eigenvalue weighted by molar-refractivity contribution is -0.384. The van der Waals surface area contributed by atoms with E-state index in [1.54, 1.807) is 24.3 Å². The fraction of sp³-hybridized carbons (Fsp3) is 0.125. The first-order valence-corrected chi connectivity index (χ1v) is 7.90. The number of phenolic OH excluding ortho intramolecular Hbond substituents is 1. The van der Waals surface area contributed by atoms with Crippen molar-refractivity contribution in [2.75, 3.05) is 7.11 Å². The van der Waals surface area contributed by atoms with Crippen LogP contribution in [-0.4, -0.2) is 17.1 Å². The van der Waals surface area contributed by atoms with Crippen LogP contribution < -0.4 is 4.74 Å². The summed E-state index contributed by atoms with van der Waals surface area (Å²) in [7, 11) is 1.43. The van der Waals surface area contributed by atoms with E-state index in [1.807, 2.05) is 22.6 Å². The van der Waals surface area contributed by atoms with Gasteiger partial charge in [-0.15, -0.1) is 16.8 Å². The van der Waals surface area contributed by atoms with Gasteiger partial charge in [0.1, 0.15) is 5.69 Å². The van der Waals surface area contributed by atoms with Crippen LogP contribution in [0.1, 0.15) is 5.56 Å². The van der Waals surface area contributed by atoms with Gasteiger partial charge in [-0.25, -0.2) is 0 Å². The number of ether oxygens (including phenoxy) is 1. The molecule has 0 saturated heterocycles. The number of allylic oxidation sites excluding steroid dienone is 1. The highest BCUT2D eigenvalue weighted by Crippen LogP contribution is 2.39. The van der Waals surface area contributed by atoms with Crippen LogP contribution >= 0.6 is 22.6 Å². The summed E-state index contributed by atoms with van der Waals surface area (Å²) in [6, 6.07) is 7.90. The largest absolute Gasteiger partial charge is 0.503 e. The summed E-state index contributed by atoms with van der Waals surface area (Å²) in [5.74, 6) is 0.0719. The Balaban J connectivity index is 2.47. The first-order valence-electron chi connectivity index (χ1n) is 6.82. The number of nitro groups is 1. The van der Waals surface area contributed by atoms with Gasteiger partial charge in [-0.2, -0.15) is 0 Å². The highest BCUT2D eigenvalue weighted by atomic mass is 127. The second-order valence-electron chi connectivity index (χ2n) is 4.75. The number of phenols is 1. The number of nitrogens with zero attached hydrogens (tertiary/aromatic N) is 3. The lowest BCUT2D eigenvalue weighted by atomic mass is 10.1. The maximum atomic E-state index is 11.1. The zero-order chi connectivity index (χ0) is 17.7. The van der Waals surface area contributed by atoms with Crippen LogP contribution in [0.2, 0.25) is 0 Å². The molecule has 1 N–H and O–H groups in total. The van der Waals surface area contributed by atoms with Crippen molar-refractivity contribution in [3.63, 3.8) is 0 Å². The third kappa shape index (κ3) is 4.07. The highest BCUT2D eigenvalue weighted by Gasteiger charge is 2.15. The van der Waals surface area contributed by atoms with Crippen LogP contribution in [0.4, 0.5) is 17.1 Å². The Labute approximate surface area is 152 Å². The Kier molecular flexibility index (Phi) is 5.85. The lowest BCUT2D eigenvalue weighted by Crippen LogP contribution is -1.89. The van der Waals surface area contributed by atoms with Gasteiger partial charge in [0, 0.05) is 9.64 Å². The zero-order valence-corrected chi connectivity index (χ0v) is 14.9. The zero-order valence-electron chi connectivity index (χ0n) is 12.8. The molecule has 8 heteroatoms. The molecule has 2 rings (SSSR count). The van der Waals surface area contributed by atoms with Crippen molar-refractivity contribution < 1.29 is 14.8 Å². The van der Waals surface area contributed by atoms with Crippen LogP contribution in [0, 0.1) is 13.7 Å². The maximum absolute atomic E-state index is 11.1. The molecule has 0 amide bonds. The van der Waals surface area contributed by atoms with Gasteiger partial charge >= 0.3 is 0 Å². The second kappa shape index (κ2) is 7.86. The van der Waals surface area contributed by atoms with Gasteiger partial charge in [-0.05, 0) is 58.8 Å². The summed E-state index contributed by atoms with van der Waals surface area (Å²) >= 11 is 1.98. The molecular weight excluding hydrogens is 425 g/mol. The van der Waals surface area contributed by atoms with Crippen LogP contribution in [-0.2, 0) is 6.42 Å². The van der Waals surface area contributed by atoms with E-state index < -0.39 is 4.92 Å². The Morgan fingerprint density at radius 2 is 2.04 bits per heavy atom. The van der Waals surface area contributed by atoms with Crippen LogP contribution in [0.5, 0.6) is 11.5 Å². The molecule has 0 bridgehead atoms. The minimum atomic E-state index is -0.523. The standard InChI is InChI=1S/C16H14IN3O4/c1-3-4-10-7-13(16(21)15(8-10)24-2)19-18-12-6-5-11(17)9-14(12)20(22)23/h3,5-9,21H,1,4H2,2H3/b19-18+. The fourth-order valence-electron chi connectivity index (χ4n) is 2.00. The van der Waals surface area contributed by atoms with Crippen LogP contribution in [0.25, 0.3) is 0 Å². The van der Waals surface area contributed by atoms with Crippen molar-refractivity contribution in [2.45, 2.75) is 6.42 Å². The number of rotatable bonds is 6. The monoisotopic (exact) mass is 439 g/mol. The maximum Gasteiger partial charge on any atom is 0.297 e. The van der Waals surface area contributed by atoms with Crippen molar-refractivity contribution in [3.8, 4) is 11.5 Å². The molecular formula is C16H14IN3O4. The van der Waals surface area contributed by atoms with Crippen molar-refractivity contribution >= 4 is 39.7 Å². The fourth-order valence-corrected chi connectivity index (χ4v) is 2.47. The van der Waals surface area contributed by atoms with Crippen molar-refractivity contribution in [3.05, 3.63) is 62.2 Å². The van der Waals surface area contributed by atoms with Gasteiger partial charge in [-0.3, -0.25) is 10.1 Å². The molecule has 0 heterocycles. The summed E-state index contributed by atoms with van der Waals surface area (Å²) < 4.78 is 5.83. The quantitative estimate of drug-likeness (QED) is 0.224. The van der Waals surface area contributed by atoms with E-state index in [4.69, 9.17) is 4.74 Å². The van der Waals surface area contributed by atoms with Crippen LogP contribution in [0.3, 0.4) is 0 Å². The van der Waals surface area contributed by atoms with Gasteiger partial charge in [-0.1, -0.05) is 6.08 Å².